The lowest BCUT2D eigenvalue weighted by atomic mass is 10.2. The highest BCUT2D eigenvalue weighted by atomic mass is 35.5. The lowest BCUT2D eigenvalue weighted by Gasteiger charge is -2.07. The van der Waals surface area contributed by atoms with Gasteiger partial charge in [0.05, 0.1) is 16.7 Å². The molecule has 0 N–H and O–H groups in total. The van der Waals surface area contributed by atoms with Crippen LogP contribution in [0.25, 0.3) is 0 Å². The van der Waals surface area contributed by atoms with Gasteiger partial charge in [0.1, 0.15) is 12.4 Å². The number of pyridine rings is 1. The third kappa shape index (κ3) is 2.96. The van der Waals surface area contributed by atoms with Crippen molar-refractivity contribution in [1.82, 2.24) is 4.98 Å². The van der Waals surface area contributed by atoms with E-state index in [9.17, 15) is 0 Å². The molecule has 2 rings (SSSR count). The Labute approximate surface area is 104 Å². The predicted octanol–water partition coefficient (Wildman–Crippen LogP) is 3.19. The standard InChI is InChI=1S/C13H9ClN2O/c14-12-6-10(7-15)3-4-13(12)17-9-11-2-1-5-16-8-11/h1-6,8H,9H2. The summed E-state index contributed by atoms with van der Waals surface area (Å²) in [5.74, 6) is 0.564. The topological polar surface area (TPSA) is 45.9 Å². The summed E-state index contributed by atoms with van der Waals surface area (Å²) in [5.41, 5.74) is 1.48. The molecule has 1 aromatic heterocycles. The van der Waals surface area contributed by atoms with Crippen LogP contribution in [0.15, 0.2) is 42.7 Å². The zero-order valence-electron chi connectivity index (χ0n) is 8.93. The van der Waals surface area contributed by atoms with Gasteiger partial charge in [0.2, 0.25) is 0 Å². The van der Waals surface area contributed by atoms with Gasteiger partial charge >= 0.3 is 0 Å². The Kier molecular flexibility index (Phi) is 3.59. The third-order valence-electron chi connectivity index (χ3n) is 2.18. The van der Waals surface area contributed by atoms with Gasteiger partial charge in [0.15, 0.2) is 0 Å². The third-order valence-corrected chi connectivity index (χ3v) is 2.47. The quantitative estimate of drug-likeness (QED) is 0.833. The highest BCUT2D eigenvalue weighted by molar-refractivity contribution is 6.32. The molecular weight excluding hydrogens is 236 g/mol. The van der Waals surface area contributed by atoms with Crippen LogP contribution in [0.4, 0.5) is 0 Å². The Hall–Kier alpha value is -2.05. The highest BCUT2D eigenvalue weighted by Crippen LogP contribution is 2.25. The summed E-state index contributed by atoms with van der Waals surface area (Å²) in [6, 6.07) is 10.7. The molecule has 1 heterocycles. The van der Waals surface area contributed by atoms with Gasteiger partial charge in [-0.3, -0.25) is 4.98 Å². The number of hydrogen-bond donors (Lipinski definition) is 0. The van der Waals surface area contributed by atoms with Crippen molar-refractivity contribution in [3.05, 3.63) is 58.9 Å². The SMILES string of the molecule is N#Cc1ccc(OCc2cccnc2)c(Cl)c1. The number of ether oxygens (including phenoxy) is 1. The van der Waals surface area contributed by atoms with Gasteiger partial charge < -0.3 is 4.74 Å². The van der Waals surface area contributed by atoms with E-state index in [1.54, 1.807) is 30.6 Å². The van der Waals surface area contributed by atoms with Crippen molar-refractivity contribution in [2.24, 2.45) is 0 Å². The highest BCUT2D eigenvalue weighted by Gasteiger charge is 2.03. The molecule has 0 spiro atoms. The maximum atomic E-state index is 8.70. The van der Waals surface area contributed by atoms with Gasteiger partial charge in [-0.1, -0.05) is 17.7 Å². The van der Waals surface area contributed by atoms with Gasteiger partial charge in [-0.15, -0.1) is 0 Å². The second kappa shape index (κ2) is 5.33. The fourth-order valence-corrected chi connectivity index (χ4v) is 1.57. The molecular formula is C13H9ClN2O. The molecule has 0 amide bonds. The van der Waals surface area contributed by atoms with Crippen LogP contribution in [0.2, 0.25) is 5.02 Å². The van der Waals surface area contributed by atoms with E-state index in [0.717, 1.165) is 5.56 Å². The summed E-state index contributed by atoms with van der Waals surface area (Å²) in [5, 5.41) is 9.14. The van der Waals surface area contributed by atoms with Crippen molar-refractivity contribution in [2.45, 2.75) is 6.61 Å². The van der Waals surface area contributed by atoms with E-state index in [1.165, 1.54) is 0 Å². The summed E-state index contributed by atoms with van der Waals surface area (Å²) in [7, 11) is 0. The van der Waals surface area contributed by atoms with Crippen molar-refractivity contribution in [1.29, 1.82) is 5.26 Å². The molecule has 0 saturated carbocycles. The molecule has 0 bridgehead atoms. The lowest BCUT2D eigenvalue weighted by Crippen LogP contribution is -1.96. The number of nitriles is 1. The van der Waals surface area contributed by atoms with Gasteiger partial charge in [-0.2, -0.15) is 5.26 Å². The number of aromatic nitrogens is 1. The van der Waals surface area contributed by atoms with E-state index in [4.69, 9.17) is 21.6 Å². The number of benzene rings is 1. The van der Waals surface area contributed by atoms with E-state index in [2.05, 4.69) is 4.98 Å². The number of hydrogen-bond acceptors (Lipinski definition) is 3. The van der Waals surface area contributed by atoms with Crippen LogP contribution in [0.1, 0.15) is 11.1 Å². The van der Waals surface area contributed by atoms with Crippen molar-refractivity contribution >= 4 is 11.6 Å². The normalized spacial score (nSPS) is 9.65. The van der Waals surface area contributed by atoms with Gasteiger partial charge in [-0.05, 0) is 24.3 Å². The molecule has 1 aromatic carbocycles. The van der Waals surface area contributed by atoms with Crippen LogP contribution in [-0.2, 0) is 6.61 Å². The Morgan fingerprint density at radius 2 is 2.24 bits per heavy atom. The van der Waals surface area contributed by atoms with E-state index in [-0.39, 0.29) is 0 Å². The zero-order valence-corrected chi connectivity index (χ0v) is 9.69. The number of rotatable bonds is 3. The molecule has 4 heteroatoms. The number of halogens is 1. The fraction of sp³-hybridized carbons (Fsp3) is 0.0769. The molecule has 0 radical (unpaired) electrons. The molecule has 3 nitrogen and oxygen atoms in total. The average Bonchev–Trinajstić information content (AvgIpc) is 2.38. The minimum atomic E-state index is 0.402. The predicted molar refractivity (Wildman–Crippen MR) is 64.7 cm³/mol. The Morgan fingerprint density at radius 3 is 2.88 bits per heavy atom. The minimum Gasteiger partial charge on any atom is -0.487 e. The first-order valence-corrected chi connectivity index (χ1v) is 5.39. The molecule has 0 atom stereocenters. The van der Waals surface area contributed by atoms with Crippen LogP contribution in [0.5, 0.6) is 5.75 Å². The molecule has 0 fully saturated rings. The molecule has 0 aliphatic rings. The van der Waals surface area contributed by atoms with E-state index >= 15 is 0 Å². The maximum Gasteiger partial charge on any atom is 0.138 e. The van der Waals surface area contributed by atoms with Crippen molar-refractivity contribution in [3.63, 3.8) is 0 Å². The second-order valence-electron chi connectivity index (χ2n) is 3.41. The summed E-state index contributed by atoms with van der Waals surface area (Å²) < 4.78 is 5.54. The van der Waals surface area contributed by atoms with Gasteiger partial charge in [-0.25, -0.2) is 0 Å². The smallest absolute Gasteiger partial charge is 0.138 e. The lowest BCUT2D eigenvalue weighted by molar-refractivity contribution is 0.306. The van der Waals surface area contributed by atoms with Crippen LogP contribution < -0.4 is 4.74 Å². The molecule has 17 heavy (non-hydrogen) atoms. The van der Waals surface area contributed by atoms with Gasteiger partial charge in [0, 0.05) is 18.0 Å². The van der Waals surface area contributed by atoms with Crippen LogP contribution in [-0.4, -0.2) is 4.98 Å². The van der Waals surface area contributed by atoms with E-state index < -0.39 is 0 Å². The van der Waals surface area contributed by atoms with Crippen LogP contribution >= 0.6 is 11.6 Å². The average molecular weight is 245 g/mol. The Bertz CT molecular complexity index is 549. The fourth-order valence-electron chi connectivity index (χ4n) is 1.33. The zero-order chi connectivity index (χ0) is 12.1. The van der Waals surface area contributed by atoms with Crippen molar-refractivity contribution in [3.8, 4) is 11.8 Å². The monoisotopic (exact) mass is 244 g/mol. The molecule has 84 valence electrons. The molecule has 0 unspecified atom stereocenters. The summed E-state index contributed by atoms with van der Waals surface area (Å²) in [6.07, 6.45) is 3.44. The summed E-state index contributed by atoms with van der Waals surface area (Å²) in [4.78, 5) is 3.99. The molecule has 0 aliphatic heterocycles. The number of nitrogens with zero attached hydrogens (tertiary/aromatic N) is 2. The molecule has 0 saturated heterocycles. The summed E-state index contributed by atoms with van der Waals surface area (Å²) >= 11 is 5.98. The van der Waals surface area contributed by atoms with Crippen molar-refractivity contribution in [2.75, 3.05) is 0 Å². The Morgan fingerprint density at radius 1 is 1.35 bits per heavy atom. The van der Waals surface area contributed by atoms with E-state index in [0.29, 0.717) is 22.9 Å². The minimum absolute atomic E-state index is 0.402. The molecule has 0 aliphatic carbocycles. The first-order chi connectivity index (χ1) is 8.29. The van der Waals surface area contributed by atoms with Crippen LogP contribution in [0.3, 0.4) is 0 Å². The molecule has 2 aromatic rings. The second-order valence-corrected chi connectivity index (χ2v) is 3.81. The van der Waals surface area contributed by atoms with E-state index in [1.807, 2.05) is 18.2 Å². The van der Waals surface area contributed by atoms with Gasteiger partial charge in [0.25, 0.3) is 0 Å². The first kappa shape index (κ1) is 11.4. The van der Waals surface area contributed by atoms with Crippen molar-refractivity contribution < 1.29 is 4.74 Å². The Balaban J connectivity index is 2.08. The maximum absolute atomic E-state index is 8.70. The first-order valence-electron chi connectivity index (χ1n) is 5.01. The largest absolute Gasteiger partial charge is 0.487 e. The summed E-state index contributed by atoms with van der Waals surface area (Å²) in [6.45, 7) is 0.402. The van der Waals surface area contributed by atoms with Crippen LogP contribution in [0, 0.1) is 11.3 Å².